The summed E-state index contributed by atoms with van der Waals surface area (Å²) < 4.78 is 27.2. The minimum atomic E-state index is -3.58. The third-order valence-electron chi connectivity index (χ3n) is 3.64. The lowest BCUT2D eigenvalue weighted by Crippen LogP contribution is -2.06. The van der Waals surface area contributed by atoms with E-state index >= 15 is 0 Å². The van der Waals surface area contributed by atoms with Gasteiger partial charge >= 0.3 is 0 Å². The molecule has 0 aliphatic carbocycles. The molecule has 1 aromatic carbocycles. The van der Waals surface area contributed by atoms with Crippen LogP contribution in [0.1, 0.15) is 16.8 Å². The number of hydrogen-bond acceptors (Lipinski definition) is 3. The highest BCUT2D eigenvalue weighted by Crippen LogP contribution is 2.23. The third-order valence-corrected chi connectivity index (χ3v) is 5.30. The molecule has 0 bridgehead atoms. The molecule has 0 unspecified atom stereocenters. The van der Waals surface area contributed by atoms with Gasteiger partial charge in [-0.25, -0.2) is 13.4 Å². The lowest BCUT2D eigenvalue weighted by atomic mass is 10.2. The zero-order valence-electron chi connectivity index (χ0n) is 12.2. The second-order valence-electron chi connectivity index (χ2n) is 5.27. The van der Waals surface area contributed by atoms with E-state index in [4.69, 9.17) is 0 Å². The maximum atomic E-state index is 12.6. The topological polar surface area (TPSA) is 51.4 Å². The summed E-state index contributed by atoms with van der Waals surface area (Å²) >= 11 is 0. The van der Waals surface area contributed by atoms with Crippen molar-refractivity contribution in [3.05, 3.63) is 59.5 Å². The highest BCUT2D eigenvalue weighted by Gasteiger charge is 2.20. The van der Waals surface area contributed by atoms with Gasteiger partial charge in [0.25, 0.3) is 0 Å². The van der Waals surface area contributed by atoms with Crippen LogP contribution in [0.5, 0.6) is 0 Å². The Morgan fingerprint density at radius 1 is 1.00 bits per heavy atom. The minimum absolute atomic E-state index is 0.0834. The van der Waals surface area contributed by atoms with Gasteiger partial charge in [-0.1, -0.05) is 17.7 Å². The van der Waals surface area contributed by atoms with Crippen molar-refractivity contribution in [3.8, 4) is 0 Å². The van der Waals surface area contributed by atoms with Crippen LogP contribution in [0, 0.1) is 20.8 Å². The van der Waals surface area contributed by atoms with Gasteiger partial charge in [0.15, 0.2) is 5.03 Å². The van der Waals surface area contributed by atoms with Crippen molar-refractivity contribution in [1.82, 2.24) is 9.38 Å². The predicted molar refractivity (Wildman–Crippen MR) is 81.3 cm³/mol. The van der Waals surface area contributed by atoms with E-state index in [0.717, 1.165) is 22.3 Å². The summed E-state index contributed by atoms with van der Waals surface area (Å²) in [6.07, 6.45) is 1.57. The Morgan fingerprint density at radius 3 is 2.33 bits per heavy atom. The zero-order valence-corrected chi connectivity index (χ0v) is 13.0. The number of aromatic nitrogens is 2. The van der Waals surface area contributed by atoms with Crippen LogP contribution in [0.4, 0.5) is 0 Å². The first-order valence-corrected chi connectivity index (χ1v) is 8.14. The first kappa shape index (κ1) is 13.8. The lowest BCUT2D eigenvalue weighted by molar-refractivity contribution is 0.592. The second kappa shape index (κ2) is 4.70. The highest BCUT2D eigenvalue weighted by atomic mass is 32.2. The van der Waals surface area contributed by atoms with E-state index in [9.17, 15) is 8.42 Å². The molecule has 2 aromatic heterocycles. The van der Waals surface area contributed by atoms with Gasteiger partial charge in [-0.2, -0.15) is 0 Å². The van der Waals surface area contributed by atoms with Crippen LogP contribution in [0.3, 0.4) is 0 Å². The summed E-state index contributed by atoms with van der Waals surface area (Å²) in [5.41, 5.74) is 3.97. The Bertz CT molecular complexity index is 923. The maximum absolute atomic E-state index is 12.6. The van der Waals surface area contributed by atoms with Crippen LogP contribution in [-0.4, -0.2) is 17.8 Å². The molecule has 4 nitrogen and oxygen atoms in total. The minimum Gasteiger partial charge on any atom is -0.305 e. The summed E-state index contributed by atoms with van der Waals surface area (Å²) in [5.74, 6) is 0. The van der Waals surface area contributed by atoms with Crippen molar-refractivity contribution < 1.29 is 8.42 Å². The molecule has 21 heavy (non-hydrogen) atoms. The van der Waals surface area contributed by atoms with Crippen molar-refractivity contribution in [3.63, 3.8) is 0 Å². The van der Waals surface area contributed by atoms with Crippen molar-refractivity contribution >= 4 is 15.4 Å². The fourth-order valence-electron chi connectivity index (χ4n) is 2.43. The van der Waals surface area contributed by atoms with Gasteiger partial charge in [0.2, 0.25) is 9.84 Å². The Hall–Kier alpha value is -2.14. The molecule has 0 amide bonds. The first-order valence-electron chi connectivity index (χ1n) is 6.65. The first-order chi connectivity index (χ1) is 9.89. The van der Waals surface area contributed by atoms with E-state index < -0.39 is 9.84 Å². The lowest BCUT2D eigenvalue weighted by Gasteiger charge is -2.06. The quantitative estimate of drug-likeness (QED) is 0.683. The number of rotatable bonds is 2. The Balaban J connectivity index is 2.19. The Kier molecular flexibility index (Phi) is 3.10. The maximum Gasteiger partial charge on any atom is 0.223 e. The number of nitrogens with zero attached hydrogens (tertiary/aromatic N) is 2. The van der Waals surface area contributed by atoms with Gasteiger partial charge < -0.3 is 4.40 Å². The van der Waals surface area contributed by atoms with Crippen LogP contribution in [0.15, 0.2) is 52.6 Å². The summed E-state index contributed by atoms with van der Waals surface area (Å²) in [5, 5.41) is 0.0834. The molecular formula is C16H16N2O2S. The normalized spacial score (nSPS) is 12.0. The van der Waals surface area contributed by atoms with E-state index in [1.165, 1.54) is 0 Å². The summed E-state index contributed by atoms with van der Waals surface area (Å²) in [6.45, 7) is 5.86. The molecule has 0 atom stereocenters. The molecule has 5 heteroatoms. The van der Waals surface area contributed by atoms with Gasteiger partial charge in [-0.05, 0) is 44.5 Å². The smallest absolute Gasteiger partial charge is 0.223 e. The molecule has 0 radical (unpaired) electrons. The SMILES string of the molecule is Cc1ccc(S(=O)(=O)c2cc3c(C)cc(C)n3cn2)cc1. The molecule has 0 aliphatic heterocycles. The zero-order chi connectivity index (χ0) is 15.2. The Morgan fingerprint density at radius 2 is 1.67 bits per heavy atom. The van der Waals surface area contributed by atoms with E-state index in [-0.39, 0.29) is 9.92 Å². The molecule has 3 aromatic rings. The second-order valence-corrected chi connectivity index (χ2v) is 7.16. The van der Waals surface area contributed by atoms with Gasteiger partial charge in [0.05, 0.1) is 10.4 Å². The van der Waals surface area contributed by atoms with Crippen molar-refractivity contribution in [2.24, 2.45) is 0 Å². The fraction of sp³-hybridized carbons (Fsp3) is 0.188. The van der Waals surface area contributed by atoms with Crippen LogP contribution in [0.2, 0.25) is 0 Å². The average Bonchev–Trinajstić information content (AvgIpc) is 2.74. The third kappa shape index (κ3) is 2.23. The van der Waals surface area contributed by atoms with E-state index in [1.54, 1.807) is 36.7 Å². The molecule has 0 saturated carbocycles. The summed E-state index contributed by atoms with van der Waals surface area (Å²) in [4.78, 5) is 4.40. The van der Waals surface area contributed by atoms with Gasteiger partial charge in [0.1, 0.15) is 6.33 Å². The van der Waals surface area contributed by atoms with Crippen LogP contribution in [0.25, 0.3) is 5.52 Å². The summed E-state index contributed by atoms with van der Waals surface area (Å²) in [6, 6.07) is 10.5. The van der Waals surface area contributed by atoms with E-state index in [1.807, 2.05) is 31.2 Å². The molecule has 108 valence electrons. The molecule has 0 fully saturated rings. The molecule has 2 heterocycles. The monoisotopic (exact) mass is 300 g/mol. The number of sulfone groups is 1. The number of hydrogen-bond donors (Lipinski definition) is 0. The number of fused-ring (bicyclic) bond motifs is 1. The summed E-state index contributed by atoms with van der Waals surface area (Å²) in [7, 11) is -3.58. The molecule has 0 N–H and O–H groups in total. The van der Waals surface area contributed by atoms with Crippen molar-refractivity contribution in [2.75, 3.05) is 0 Å². The van der Waals surface area contributed by atoms with E-state index in [0.29, 0.717) is 0 Å². The number of benzene rings is 1. The largest absolute Gasteiger partial charge is 0.305 e. The van der Waals surface area contributed by atoms with Crippen LogP contribution < -0.4 is 0 Å². The van der Waals surface area contributed by atoms with Crippen LogP contribution in [-0.2, 0) is 9.84 Å². The Labute approximate surface area is 124 Å². The molecule has 0 aliphatic rings. The average molecular weight is 300 g/mol. The standard InChI is InChI=1S/C16H16N2O2S/c1-11-4-6-14(7-5-11)21(19,20)16-9-15-12(2)8-13(3)18(15)10-17-16/h4-10H,1-3H3. The molecule has 3 rings (SSSR count). The fourth-order valence-corrected chi connectivity index (χ4v) is 3.62. The molecule has 0 saturated heterocycles. The molecular weight excluding hydrogens is 284 g/mol. The van der Waals surface area contributed by atoms with Crippen LogP contribution >= 0.6 is 0 Å². The van der Waals surface area contributed by atoms with Gasteiger partial charge in [-0.15, -0.1) is 0 Å². The van der Waals surface area contributed by atoms with Gasteiger partial charge in [-0.3, -0.25) is 0 Å². The molecule has 0 spiro atoms. The van der Waals surface area contributed by atoms with Crippen molar-refractivity contribution in [1.29, 1.82) is 0 Å². The number of aryl methyl sites for hydroxylation is 3. The van der Waals surface area contributed by atoms with E-state index in [2.05, 4.69) is 4.98 Å². The highest BCUT2D eigenvalue weighted by molar-refractivity contribution is 7.91. The van der Waals surface area contributed by atoms with Gasteiger partial charge in [0, 0.05) is 11.8 Å². The van der Waals surface area contributed by atoms with Crippen molar-refractivity contribution in [2.45, 2.75) is 30.7 Å². The predicted octanol–water partition coefficient (Wildman–Crippen LogP) is 3.09.